The van der Waals surface area contributed by atoms with Crippen LogP contribution >= 0.6 is 0 Å². The van der Waals surface area contributed by atoms with Gasteiger partial charge in [0.15, 0.2) is 0 Å². The van der Waals surface area contributed by atoms with Gasteiger partial charge >= 0.3 is 0 Å². The molecule has 0 aromatic carbocycles. The topological polar surface area (TPSA) is 27.3 Å². The lowest BCUT2D eigenvalue weighted by atomic mass is 9.98. The molecule has 0 aromatic rings. The number of piperidine rings is 2. The highest BCUT2D eigenvalue weighted by Crippen LogP contribution is 2.16. The molecule has 2 heterocycles. The maximum Gasteiger partial charge on any atom is 0.00669 e. The zero-order valence-corrected chi connectivity index (χ0v) is 12.1. The molecular weight excluding hydrogens is 222 g/mol. The molecule has 18 heavy (non-hydrogen) atoms. The molecule has 3 heteroatoms. The van der Waals surface area contributed by atoms with Crippen molar-refractivity contribution in [2.75, 3.05) is 39.3 Å². The molecule has 2 saturated heterocycles. The highest BCUT2D eigenvalue weighted by Gasteiger charge is 2.17. The van der Waals surface area contributed by atoms with E-state index in [1.807, 2.05) is 0 Å². The van der Waals surface area contributed by atoms with E-state index >= 15 is 0 Å². The average Bonchev–Trinajstić information content (AvgIpc) is 2.42. The monoisotopic (exact) mass is 253 g/mol. The quantitative estimate of drug-likeness (QED) is 0.707. The molecule has 106 valence electrons. The summed E-state index contributed by atoms with van der Waals surface area (Å²) >= 11 is 0. The summed E-state index contributed by atoms with van der Waals surface area (Å²) in [5.41, 5.74) is 0. The highest BCUT2D eigenvalue weighted by atomic mass is 15.2. The molecule has 0 saturated carbocycles. The van der Waals surface area contributed by atoms with Crippen molar-refractivity contribution in [2.45, 2.75) is 51.5 Å². The number of rotatable bonds is 6. The first-order chi connectivity index (χ1) is 8.86. The van der Waals surface area contributed by atoms with Gasteiger partial charge in [-0.2, -0.15) is 0 Å². The second kappa shape index (κ2) is 8.13. The molecule has 0 aliphatic carbocycles. The number of hydrogen-bond donors (Lipinski definition) is 2. The van der Waals surface area contributed by atoms with Gasteiger partial charge in [0, 0.05) is 6.04 Å². The minimum Gasteiger partial charge on any atom is -0.317 e. The van der Waals surface area contributed by atoms with Gasteiger partial charge in [-0.1, -0.05) is 6.42 Å². The van der Waals surface area contributed by atoms with Crippen molar-refractivity contribution in [1.29, 1.82) is 0 Å². The average molecular weight is 253 g/mol. The van der Waals surface area contributed by atoms with Crippen LogP contribution in [0.3, 0.4) is 0 Å². The minimum atomic E-state index is 0.822. The number of nitrogens with zero attached hydrogens (tertiary/aromatic N) is 1. The molecule has 0 bridgehead atoms. The van der Waals surface area contributed by atoms with E-state index in [4.69, 9.17) is 0 Å². The fourth-order valence-electron chi connectivity index (χ4n) is 3.29. The normalized spacial score (nSPS) is 27.5. The lowest BCUT2D eigenvalue weighted by Gasteiger charge is -2.33. The van der Waals surface area contributed by atoms with Crippen LogP contribution in [0.1, 0.15) is 45.4 Å². The van der Waals surface area contributed by atoms with Gasteiger partial charge in [-0.25, -0.2) is 0 Å². The predicted octanol–water partition coefficient (Wildman–Crippen LogP) is 1.84. The van der Waals surface area contributed by atoms with Crippen LogP contribution in [0.15, 0.2) is 0 Å². The summed E-state index contributed by atoms with van der Waals surface area (Å²) in [4.78, 5) is 2.68. The Bertz CT molecular complexity index is 214. The first kappa shape index (κ1) is 14.3. The number of likely N-dealkylation sites (tertiary alicyclic amines) is 1. The van der Waals surface area contributed by atoms with Crippen molar-refractivity contribution >= 4 is 0 Å². The lowest BCUT2D eigenvalue weighted by Crippen LogP contribution is -2.39. The molecule has 0 radical (unpaired) electrons. The van der Waals surface area contributed by atoms with Crippen LogP contribution in [0.25, 0.3) is 0 Å². The van der Waals surface area contributed by atoms with Gasteiger partial charge in [0.2, 0.25) is 0 Å². The Balaban J connectivity index is 1.47. The van der Waals surface area contributed by atoms with Crippen molar-refractivity contribution in [2.24, 2.45) is 5.92 Å². The van der Waals surface area contributed by atoms with Crippen LogP contribution < -0.4 is 10.6 Å². The first-order valence-electron chi connectivity index (χ1n) is 8.02. The maximum absolute atomic E-state index is 3.66. The van der Waals surface area contributed by atoms with Gasteiger partial charge in [-0.3, -0.25) is 0 Å². The van der Waals surface area contributed by atoms with Crippen molar-refractivity contribution < 1.29 is 0 Å². The van der Waals surface area contributed by atoms with Crippen LogP contribution in [0.5, 0.6) is 0 Å². The van der Waals surface area contributed by atoms with Gasteiger partial charge in [0.1, 0.15) is 0 Å². The molecule has 2 fully saturated rings. The van der Waals surface area contributed by atoms with Gasteiger partial charge in [-0.15, -0.1) is 0 Å². The fourth-order valence-corrected chi connectivity index (χ4v) is 3.29. The van der Waals surface area contributed by atoms with Crippen molar-refractivity contribution in [3.63, 3.8) is 0 Å². The third-order valence-electron chi connectivity index (χ3n) is 4.63. The van der Waals surface area contributed by atoms with E-state index in [1.54, 1.807) is 0 Å². The molecule has 2 rings (SSSR count). The first-order valence-corrected chi connectivity index (χ1v) is 8.02. The Morgan fingerprint density at radius 2 is 2.00 bits per heavy atom. The van der Waals surface area contributed by atoms with Crippen molar-refractivity contribution in [3.05, 3.63) is 0 Å². The van der Waals surface area contributed by atoms with Gasteiger partial charge in [-0.05, 0) is 84.2 Å². The zero-order chi connectivity index (χ0) is 12.6. The Hall–Kier alpha value is -0.120. The molecule has 0 aromatic heterocycles. The molecular formula is C15H31N3. The maximum atomic E-state index is 3.66. The second-order valence-corrected chi connectivity index (χ2v) is 6.13. The smallest absolute Gasteiger partial charge is 0.00669 e. The zero-order valence-electron chi connectivity index (χ0n) is 12.1. The summed E-state index contributed by atoms with van der Waals surface area (Å²) in [5.74, 6) is 0.917. The molecule has 0 amide bonds. The predicted molar refractivity (Wildman–Crippen MR) is 78.0 cm³/mol. The Morgan fingerprint density at radius 1 is 1.17 bits per heavy atom. The minimum absolute atomic E-state index is 0.822. The van der Waals surface area contributed by atoms with Gasteiger partial charge in [0.05, 0.1) is 0 Å². The van der Waals surface area contributed by atoms with E-state index in [-0.39, 0.29) is 0 Å². The van der Waals surface area contributed by atoms with Crippen LogP contribution in [-0.2, 0) is 0 Å². The van der Waals surface area contributed by atoms with Crippen LogP contribution in [0, 0.1) is 5.92 Å². The lowest BCUT2D eigenvalue weighted by molar-refractivity contribution is 0.158. The molecule has 2 aliphatic rings. The fraction of sp³-hybridized carbons (Fsp3) is 1.00. The summed E-state index contributed by atoms with van der Waals surface area (Å²) in [5, 5.41) is 7.08. The Morgan fingerprint density at radius 3 is 2.78 bits per heavy atom. The third kappa shape index (κ3) is 4.87. The van der Waals surface area contributed by atoms with E-state index in [9.17, 15) is 0 Å². The van der Waals surface area contributed by atoms with E-state index in [0.717, 1.165) is 12.0 Å². The Kier molecular flexibility index (Phi) is 6.46. The molecule has 1 atom stereocenters. The molecule has 1 unspecified atom stereocenters. The standard InChI is InChI=1S/C15H31N3/c1-14-5-2-3-11-18(14)12-4-8-17-13-15-6-9-16-10-7-15/h14-17H,2-13H2,1H3. The van der Waals surface area contributed by atoms with E-state index < -0.39 is 0 Å². The SMILES string of the molecule is CC1CCCCN1CCCNCC1CCNCC1. The van der Waals surface area contributed by atoms with Crippen LogP contribution in [-0.4, -0.2) is 50.2 Å². The van der Waals surface area contributed by atoms with E-state index in [2.05, 4.69) is 22.5 Å². The van der Waals surface area contributed by atoms with E-state index in [1.165, 1.54) is 77.8 Å². The summed E-state index contributed by atoms with van der Waals surface area (Å²) < 4.78 is 0. The molecule has 2 aliphatic heterocycles. The third-order valence-corrected chi connectivity index (χ3v) is 4.63. The van der Waals surface area contributed by atoms with E-state index in [0.29, 0.717) is 0 Å². The number of nitrogens with one attached hydrogen (secondary N) is 2. The summed E-state index contributed by atoms with van der Waals surface area (Å²) in [6.45, 7) is 9.89. The second-order valence-electron chi connectivity index (χ2n) is 6.13. The number of hydrogen-bond acceptors (Lipinski definition) is 3. The summed E-state index contributed by atoms with van der Waals surface area (Å²) in [6.07, 6.45) is 8.28. The van der Waals surface area contributed by atoms with Gasteiger partial charge in [0.25, 0.3) is 0 Å². The van der Waals surface area contributed by atoms with Gasteiger partial charge < -0.3 is 15.5 Å². The van der Waals surface area contributed by atoms with Crippen molar-refractivity contribution in [3.8, 4) is 0 Å². The summed E-state index contributed by atoms with van der Waals surface area (Å²) in [6, 6.07) is 0.822. The highest BCUT2D eigenvalue weighted by molar-refractivity contribution is 4.74. The molecule has 3 nitrogen and oxygen atoms in total. The van der Waals surface area contributed by atoms with Crippen LogP contribution in [0.2, 0.25) is 0 Å². The van der Waals surface area contributed by atoms with Crippen LogP contribution in [0.4, 0.5) is 0 Å². The molecule has 0 spiro atoms. The van der Waals surface area contributed by atoms with Crippen molar-refractivity contribution in [1.82, 2.24) is 15.5 Å². The largest absolute Gasteiger partial charge is 0.317 e. The molecule has 2 N–H and O–H groups in total. The Labute approximate surface area is 113 Å². The summed E-state index contributed by atoms with van der Waals surface area (Å²) in [7, 11) is 0.